The molecule has 0 aromatic carbocycles. The molecule has 1 aliphatic rings. The fourth-order valence-electron chi connectivity index (χ4n) is 2.23. The Morgan fingerprint density at radius 3 is 2.75 bits per heavy atom. The summed E-state index contributed by atoms with van der Waals surface area (Å²) in [6, 6.07) is 0.585. The standard InChI is InChI=1S/C12H27N3O/c1-11-9-14(3)6-4-7-15(11)8-5-12(2,13)10-16/h11,16H,4-10,13H2,1-3H3. The van der Waals surface area contributed by atoms with Gasteiger partial charge < -0.3 is 15.7 Å². The van der Waals surface area contributed by atoms with Crippen molar-refractivity contribution in [3.05, 3.63) is 0 Å². The molecule has 2 unspecified atom stereocenters. The average Bonchev–Trinajstić information content (AvgIpc) is 2.37. The molecule has 96 valence electrons. The lowest BCUT2D eigenvalue weighted by molar-refractivity contribution is 0.153. The summed E-state index contributed by atoms with van der Waals surface area (Å²) in [5.74, 6) is 0. The third-order valence-electron chi connectivity index (χ3n) is 3.52. The predicted molar refractivity (Wildman–Crippen MR) is 67.4 cm³/mol. The molecule has 1 aliphatic heterocycles. The Labute approximate surface area is 99.4 Å². The summed E-state index contributed by atoms with van der Waals surface area (Å²) < 4.78 is 0. The second kappa shape index (κ2) is 5.96. The summed E-state index contributed by atoms with van der Waals surface area (Å²) in [7, 11) is 2.18. The summed E-state index contributed by atoms with van der Waals surface area (Å²) in [6.07, 6.45) is 2.08. The summed E-state index contributed by atoms with van der Waals surface area (Å²) >= 11 is 0. The lowest BCUT2D eigenvalue weighted by atomic mass is 10.00. The first-order chi connectivity index (χ1) is 7.44. The van der Waals surface area contributed by atoms with Gasteiger partial charge >= 0.3 is 0 Å². The molecule has 0 amide bonds. The topological polar surface area (TPSA) is 52.7 Å². The molecule has 0 aliphatic carbocycles. The van der Waals surface area contributed by atoms with Gasteiger partial charge in [-0.05, 0) is 46.8 Å². The zero-order valence-corrected chi connectivity index (χ0v) is 10.9. The van der Waals surface area contributed by atoms with Crippen LogP contribution in [0.4, 0.5) is 0 Å². The van der Waals surface area contributed by atoms with Gasteiger partial charge in [0.1, 0.15) is 0 Å². The molecule has 1 rings (SSSR count). The Bertz CT molecular complexity index is 208. The van der Waals surface area contributed by atoms with Crippen LogP contribution in [-0.4, -0.2) is 66.3 Å². The number of likely N-dealkylation sites (N-methyl/N-ethyl adjacent to an activating group) is 1. The largest absolute Gasteiger partial charge is 0.394 e. The molecule has 0 saturated carbocycles. The summed E-state index contributed by atoms with van der Waals surface area (Å²) in [5.41, 5.74) is 5.53. The first-order valence-corrected chi connectivity index (χ1v) is 6.27. The zero-order chi connectivity index (χ0) is 12.2. The molecular weight excluding hydrogens is 202 g/mol. The molecule has 4 nitrogen and oxygen atoms in total. The molecule has 4 heteroatoms. The predicted octanol–water partition coefficient (Wildman–Crippen LogP) is 0.112. The van der Waals surface area contributed by atoms with Crippen molar-refractivity contribution in [2.24, 2.45) is 5.73 Å². The van der Waals surface area contributed by atoms with Gasteiger partial charge in [0.05, 0.1) is 6.61 Å². The van der Waals surface area contributed by atoms with Crippen LogP contribution in [0, 0.1) is 0 Å². The molecule has 0 aromatic heterocycles. The maximum Gasteiger partial charge on any atom is 0.0608 e. The van der Waals surface area contributed by atoms with Crippen molar-refractivity contribution in [2.45, 2.75) is 38.3 Å². The molecule has 1 saturated heterocycles. The van der Waals surface area contributed by atoms with Crippen LogP contribution in [0.1, 0.15) is 26.7 Å². The molecule has 0 aromatic rings. The normalized spacial score (nSPS) is 28.7. The van der Waals surface area contributed by atoms with Crippen LogP contribution in [0.15, 0.2) is 0 Å². The van der Waals surface area contributed by atoms with Gasteiger partial charge in [-0.15, -0.1) is 0 Å². The van der Waals surface area contributed by atoms with E-state index in [1.54, 1.807) is 0 Å². The zero-order valence-electron chi connectivity index (χ0n) is 10.9. The smallest absolute Gasteiger partial charge is 0.0608 e. The van der Waals surface area contributed by atoms with E-state index in [1.165, 1.54) is 13.0 Å². The van der Waals surface area contributed by atoms with Crippen molar-refractivity contribution in [3.8, 4) is 0 Å². The van der Waals surface area contributed by atoms with E-state index < -0.39 is 5.54 Å². The third-order valence-corrected chi connectivity index (χ3v) is 3.52. The van der Waals surface area contributed by atoms with Gasteiger partial charge in [-0.3, -0.25) is 4.90 Å². The highest BCUT2D eigenvalue weighted by Gasteiger charge is 2.23. The molecule has 16 heavy (non-hydrogen) atoms. The van der Waals surface area contributed by atoms with Crippen LogP contribution in [0.2, 0.25) is 0 Å². The minimum absolute atomic E-state index is 0.0646. The number of hydrogen-bond donors (Lipinski definition) is 2. The lowest BCUT2D eigenvalue weighted by Gasteiger charge is -2.31. The number of aliphatic hydroxyl groups excluding tert-OH is 1. The van der Waals surface area contributed by atoms with Crippen LogP contribution < -0.4 is 5.73 Å². The quantitative estimate of drug-likeness (QED) is 0.718. The van der Waals surface area contributed by atoms with E-state index in [4.69, 9.17) is 10.8 Å². The highest BCUT2D eigenvalue weighted by atomic mass is 16.3. The highest BCUT2D eigenvalue weighted by Crippen LogP contribution is 2.12. The third kappa shape index (κ3) is 4.37. The Kier molecular flexibility index (Phi) is 5.18. The Hall–Kier alpha value is -0.160. The van der Waals surface area contributed by atoms with Crippen molar-refractivity contribution in [2.75, 3.05) is 39.8 Å². The lowest BCUT2D eigenvalue weighted by Crippen LogP contribution is -2.46. The molecule has 0 spiro atoms. The summed E-state index contributed by atoms with van der Waals surface area (Å²) in [4.78, 5) is 4.88. The van der Waals surface area contributed by atoms with Crippen molar-refractivity contribution >= 4 is 0 Å². The van der Waals surface area contributed by atoms with Gasteiger partial charge in [-0.25, -0.2) is 0 Å². The number of nitrogens with zero attached hydrogens (tertiary/aromatic N) is 2. The van der Waals surface area contributed by atoms with E-state index in [1.807, 2.05) is 6.92 Å². The maximum absolute atomic E-state index is 9.14. The Balaban J connectivity index is 2.40. The van der Waals surface area contributed by atoms with Gasteiger partial charge in [-0.1, -0.05) is 0 Å². The van der Waals surface area contributed by atoms with E-state index in [-0.39, 0.29) is 6.61 Å². The highest BCUT2D eigenvalue weighted by molar-refractivity contribution is 4.82. The first kappa shape index (κ1) is 13.9. The SMILES string of the molecule is CC1CN(C)CCCN1CCC(C)(N)CO. The van der Waals surface area contributed by atoms with Gasteiger partial charge in [0.15, 0.2) is 0 Å². The van der Waals surface area contributed by atoms with Crippen molar-refractivity contribution in [3.63, 3.8) is 0 Å². The van der Waals surface area contributed by atoms with Gasteiger partial charge in [0.2, 0.25) is 0 Å². The van der Waals surface area contributed by atoms with Gasteiger partial charge in [0, 0.05) is 24.7 Å². The monoisotopic (exact) mass is 229 g/mol. The number of hydrogen-bond acceptors (Lipinski definition) is 4. The molecule has 1 fully saturated rings. The number of nitrogens with two attached hydrogens (primary N) is 1. The van der Waals surface area contributed by atoms with E-state index >= 15 is 0 Å². The van der Waals surface area contributed by atoms with Crippen LogP contribution in [0.25, 0.3) is 0 Å². The van der Waals surface area contributed by atoms with Crippen molar-refractivity contribution < 1.29 is 5.11 Å². The first-order valence-electron chi connectivity index (χ1n) is 6.27. The molecule has 3 N–H and O–H groups in total. The van der Waals surface area contributed by atoms with Crippen LogP contribution >= 0.6 is 0 Å². The van der Waals surface area contributed by atoms with E-state index in [2.05, 4.69) is 23.8 Å². The van der Waals surface area contributed by atoms with Crippen molar-refractivity contribution in [1.82, 2.24) is 9.80 Å². The van der Waals surface area contributed by atoms with Crippen LogP contribution in [0.5, 0.6) is 0 Å². The summed E-state index contributed by atoms with van der Waals surface area (Å²) in [6.45, 7) is 8.70. The molecule has 1 heterocycles. The summed E-state index contributed by atoms with van der Waals surface area (Å²) in [5, 5.41) is 9.14. The van der Waals surface area contributed by atoms with Gasteiger partial charge in [-0.2, -0.15) is 0 Å². The number of rotatable bonds is 4. The van der Waals surface area contributed by atoms with E-state index in [0.717, 1.165) is 26.1 Å². The Morgan fingerprint density at radius 1 is 1.44 bits per heavy atom. The minimum Gasteiger partial charge on any atom is -0.394 e. The van der Waals surface area contributed by atoms with Crippen LogP contribution in [-0.2, 0) is 0 Å². The molecule has 0 radical (unpaired) electrons. The fourth-order valence-corrected chi connectivity index (χ4v) is 2.23. The Morgan fingerprint density at radius 2 is 2.12 bits per heavy atom. The second-order valence-electron chi connectivity index (χ2n) is 5.56. The minimum atomic E-state index is -0.433. The maximum atomic E-state index is 9.14. The number of aliphatic hydroxyl groups is 1. The molecule has 2 atom stereocenters. The van der Waals surface area contributed by atoms with Crippen molar-refractivity contribution in [1.29, 1.82) is 0 Å². The van der Waals surface area contributed by atoms with E-state index in [0.29, 0.717) is 6.04 Å². The average molecular weight is 229 g/mol. The molecular formula is C12H27N3O. The molecule has 0 bridgehead atoms. The van der Waals surface area contributed by atoms with E-state index in [9.17, 15) is 0 Å². The van der Waals surface area contributed by atoms with Gasteiger partial charge in [0.25, 0.3) is 0 Å². The second-order valence-corrected chi connectivity index (χ2v) is 5.56. The fraction of sp³-hybridized carbons (Fsp3) is 1.00. The van der Waals surface area contributed by atoms with Crippen LogP contribution in [0.3, 0.4) is 0 Å².